The van der Waals surface area contributed by atoms with Gasteiger partial charge in [0.15, 0.2) is 11.5 Å². The van der Waals surface area contributed by atoms with Crippen LogP contribution in [0.2, 0.25) is 0 Å². The highest BCUT2D eigenvalue weighted by Crippen LogP contribution is 2.28. The van der Waals surface area contributed by atoms with E-state index in [1.807, 2.05) is 54.7 Å². The molecule has 0 saturated carbocycles. The van der Waals surface area contributed by atoms with Crippen LogP contribution in [0.3, 0.4) is 0 Å². The summed E-state index contributed by atoms with van der Waals surface area (Å²) in [5.74, 6) is 1.13. The zero-order valence-corrected chi connectivity index (χ0v) is 17.2. The number of carbonyl (C=O) groups excluding carboxylic acids is 1. The van der Waals surface area contributed by atoms with Crippen molar-refractivity contribution in [2.24, 2.45) is 0 Å². The van der Waals surface area contributed by atoms with Crippen molar-refractivity contribution in [1.82, 2.24) is 14.7 Å². The van der Waals surface area contributed by atoms with Gasteiger partial charge >= 0.3 is 0 Å². The predicted octanol–water partition coefficient (Wildman–Crippen LogP) is 4.12. The fourth-order valence-corrected chi connectivity index (χ4v) is 2.87. The number of methoxy groups -OCH3 is 1. The first-order valence-electron chi connectivity index (χ1n) is 9.54. The molecule has 0 unspecified atom stereocenters. The maximum atomic E-state index is 12.5. The fourth-order valence-electron chi connectivity index (χ4n) is 2.87. The van der Waals surface area contributed by atoms with Crippen molar-refractivity contribution in [3.05, 3.63) is 90.8 Å². The van der Waals surface area contributed by atoms with Crippen molar-refractivity contribution in [3.63, 3.8) is 0 Å². The lowest BCUT2D eigenvalue weighted by Gasteiger charge is -2.13. The van der Waals surface area contributed by atoms with Gasteiger partial charge in [0.2, 0.25) is 5.91 Å². The molecule has 6 heteroatoms. The topological polar surface area (TPSA) is 56.6 Å². The summed E-state index contributed by atoms with van der Waals surface area (Å²) in [5.41, 5.74) is 2.78. The third-order valence-electron chi connectivity index (χ3n) is 4.42. The molecule has 154 valence electrons. The summed E-state index contributed by atoms with van der Waals surface area (Å²) in [5, 5.41) is 4.37. The van der Waals surface area contributed by atoms with E-state index in [4.69, 9.17) is 9.47 Å². The molecule has 0 fully saturated rings. The van der Waals surface area contributed by atoms with Crippen molar-refractivity contribution < 1.29 is 14.3 Å². The number of amides is 1. The van der Waals surface area contributed by atoms with Crippen molar-refractivity contribution in [3.8, 4) is 17.2 Å². The monoisotopic (exact) mass is 403 g/mol. The maximum absolute atomic E-state index is 12.5. The SMILES string of the molecule is C=CCOc1ccc(/C=C/C(=O)N(C)Cc2cnn(-c3ccccc3)c2)cc1OC. The van der Waals surface area contributed by atoms with Gasteiger partial charge in [-0.05, 0) is 35.9 Å². The van der Waals surface area contributed by atoms with Gasteiger partial charge in [-0.1, -0.05) is 36.9 Å². The van der Waals surface area contributed by atoms with Gasteiger partial charge in [-0.2, -0.15) is 5.10 Å². The smallest absolute Gasteiger partial charge is 0.246 e. The molecule has 0 radical (unpaired) electrons. The van der Waals surface area contributed by atoms with Gasteiger partial charge in [-0.25, -0.2) is 4.68 Å². The van der Waals surface area contributed by atoms with Crippen LogP contribution in [0.15, 0.2) is 79.7 Å². The van der Waals surface area contributed by atoms with E-state index in [9.17, 15) is 4.79 Å². The van der Waals surface area contributed by atoms with Crippen LogP contribution in [0.25, 0.3) is 11.8 Å². The third-order valence-corrected chi connectivity index (χ3v) is 4.42. The van der Waals surface area contributed by atoms with E-state index in [0.29, 0.717) is 24.7 Å². The van der Waals surface area contributed by atoms with E-state index in [-0.39, 0.29) is 5.91 Å². The summed E-state index contributed by atoms with van der Waals surface area (Å²) < 4.78 is 12.7. The second-order valence-electron chi connectivity index (χ2n) is 6.67. The summed E-state index contributed by atoms with van der Waals surface area (Å²) in [6.45, 7) is 4.50. The number of likely N-dealkylation sites (N-methyl/N-ethyl adjacent to an activating group) is 1. The molecule has 6 nitrogen and oxygen atoms in total. The lowest BCUT2D eigenvalue weighted by molar-refractivity contribution is -0.125. The Balaban J connectivity index is 1.62. The summed E-state index contributed by atoms with van der Waals surface area (Å²) in [6.07, 6.45) is 8.67. The summed E-state index contributed by atoms with van der Waals surface area (Å²) in [6, 6.07) is 15.4. The maximum Gasteiger partial charge on any atom is 0.246 e. The third kappa shape index (κ3) is 5.38. The molecule has 0 atom stereocenters. The highest BCUT2D eigenvalue weighted by molar-refractivity contribution is 5.91. The van der Waals surface area contributed by atoms with Crippen LogP contribution in [0.4, 0.5) is 0 Å². The van der Waals surface area contributed by atoms with Crippen LogP contribution in [-0.4, -0.2) is 41.4 Å². The minimum Gasteiger partial charge on any atom is -0.493 e. The fraction of sp³-hybridized carbons (Fsp3) is 0.167. The Morgan fingerprint density at radius 3 is 2.73 bits per heavy atom. The minimum atomic E-state index is -0.103. The van der Waals surface area contributed by atoms with Crippen molar-refractivity contribution >= 4 is 12.0 Å². The Bertz CT molecular complexity index is 1030. The zero-order chi connectivity index (χ0) is 21.3. The highest BCUT2D eigenvalue weighted by atomic mass is 16.5. The summed E-state index contributed by atoms with van der Waals surface area (Å²) in [7, 11) is 3.34. The Morgan fingerprint density at radius 1 is 1.20 bits per heavy atom. The molecule has 1 amide bonds. The number of aromatic nitrogens is 2. The van der Waals surface area contributed by atoms with E-state index in [1.165, 1.54) is 0 Å². The molecule has 1 heterocycles. The molecule has 1 aromatic heterocycles. The minimum absolute atomic E-state index is 0.103. The lowest BCUT2D eigenvalue weighted by Crippen LogP contribution is -2.23. The van der Waals surface area contributed by atoms with E-state index < -0.39 is 0 Å². The van der Waals surface area contributed by atoms with Crippen LogP contribution < -0.4 is 9.47 Å². The first-order chi connectivity index (χ1) is 14.6. The first-order valence-corrected chi connectivity index (χ1v) is 9.54. The molecule has 0 aliphatic heterocycles. The molecule has 0 aliphatic carbocycles. The van der Waals surface area contributed by atoms with Crippen LogP contribution in [0.5, 0.6) is 11.5 Å². The predicted molar refractivity (Wildman–Crippen MR) is 118 cm³/mol. The molecule has 0 saturated heterocycles. The van der Waals surface area contributed by atoms with Gasteiger partial charge in [0.05, 0.1) is 19.0 Å². The van der Waals surface area contributed by atoms with Gasteiger partial charge in [-0.3, -0.25) is 4.79 Å². The molecule has 0 spiro atoms. The van der Waals surface area contributed by atoms with E-state index >= 15 is 0 Å². The van der Waals surface area contributed by atoms with Gasteiger partial charge in [0.25, 0.3) is 0 Å². The highest BCUT2D eigenvalue weighted by Gasteiger charge is 2.09. The van der Waals surface area contributed by atoms with Crippen molar-refractivity contribution in [2.75, 3.05) is 20.8 Å². The van der Waals surface area contributed by atoms with Crippen LogP contribution in [-0.2, 0) is 11.3 Å². The lowest BCUT2D eigenvalue weighted by atomic mass is 10.2. The average molecular weight is 403 g/mol. The van der Waals surface area contributed by atoms with Crippen LogP contribution >= 0.6 is 0 Å². The number of benzene rings is 2. The van der Waals surface area contributed by atoms with E-state index in [2.05, 4.69) is 11.7 Å². The molecular formula is C24H25N3O3. The summed E-state index contributed by atoms with van der Waals surface area (Å²) >= 11 is 0. The second kappa shape index (κ2) is 10.1. The van der Waals surface area contributed by atoms with Gasteiger partial charge < -0.3 is 14.4 Å². The molecule has 3 aromatic rings. The van der Waals surface area contributed by atoms with E-state index in [0.717, 1.165) is 16.8 Å². The van der Waals surface area contributed by atoms with Gasteiger partial charge in [0, 0.05) is 31.4 Å². The molecule has 30 heavy (non-hydrogen) atoms. The second-order valence-corrected chi connectivity index (χ2v) is 6.67. The number of para-hydroxylation sites is 1. The number of hydrogen-bond acceptors (Lipinski definition) is 4. The molecule has 0 aliphatic rings. The Kier molecular flexibility index (Phi) is 7.05. The Labute approximate surface area is 176 Å². The van der Waals surface area contributed by atoms with Crippen molar-refractivity contribution in [1.29, 1.82) is 0 Å². The Morgan fingerprint density at radius 2 is 2.00 bits per heavy atom. The standard InChI is InChI=1S/C24H25N3O3/c1-4-14-30-22-12-10-19(15-23(22)29-3)11-13-24(28)26(2)17-20-16-25-27(18-20)21-8-6-5-7-9-21/h4-13,15-16,18H,1,14,17H2,2-3H3/b13-11+. The number of ether oxygens (including phenoxy) is 2. The average Bonchev–Trinajstić information content (AvgIpc) is 3.25. The van der Waals surface area contributed by atoms with Crippen molar-refractivity contribution in [2.45, 2.75) is 6.54 Å². The number of hydrogen-bond donors (Lipinski definition) is 0. The number of rotatable bonds is 9. The molecule has 0 bridgehead atoms. The van der Waals surface area contributed by atoms with Crippen LogP contribution in [0.1, 0.15) is 11.1 Å². The molecular weight excluding hydrogens is 378 g/mol. The largest absolute Gasteiger partial charge is 0.493 e. The quantitative estimate of drug-likeness (QED) is 0.398. The van der Waals surface area contributed by atoms with Crippen LogP contribution in [0, 0.1) is 0 Å². The Hall–Kier alpha value is -3.80. The molecule has 0 N–H and O–H groups in total. The normalized spacial score (nSPS) is 10.7. The molecule has 2 aromatic carbocycles. The number of nitrogens with zero attached hydrogens (tertiary/aromatic N) is 3. The van der Waals surface area contributed by atoms with Gasteiger partial charge in [0.1, 0.15) is 6.61 Å². The number of carbonyl (C=O) groups is 1. The van der Waals surface area contributed by atoms with Gasteiger partial charge in [-0.15, -0.1) is 0 Å². The summed E-state index contributed by atoms with van der Waals surface area (Å²) in [4.78, 5) is 14.1. The zero-order valence-electron chi connectivity index (χ0n) is 17.2. The first kappa shape index (κ1) is 20.9. The molecule has 3 rings (SSSR count). The van der Waals surface area contributed by atoms with E-state index in [1.54, 1.807) is 48.2 Å².